The van der Waals surface area contributed by atoms with Gasteiger partial charge in [0.25, 0.3) is 5.91 Å². The minimum atomic E-state index is -0.745. The fourth-order valence-electron chi connectivity index (χ4n) is 4.00. The maximum absolute atomic E-state index is 13.1. The lowest BCUT2D eigenvalue weighted by molar-refractivity contribution is -0.117. The van der Waals surface area contributed by atoms with E-state index < -0.39 is 5.66 Å². The number of aryl methyl sites for hydroxylation is 1. The van der Waals surface area contributed by atoms with Gasteiger partial charge in [-0.25, -0.2) is 4.98 Å². The number of hydrogen-bond donors (Lipinski definition) is 1. The second-order valence-corrected chi connectivity index (χ2v) is 7.44. The van der Waals surface area contributed by atoms with Crippen LogP contribution in [0, 0.1) is 6.92 Å². The van der Waals surface area contributed by atoms with Crippen molar-refractivity contribution in [1.29, 1.82) is 0 Å². The standard InChI is InChI=1S/C21H22N4O3/c1-14-7-8-17(22-13-14)23-18(26)10-12-24-20(28)15-5-3-4-6-16(15)25-19(27)9-11-21(24,25)2/h3-8,13H,9-12H2,1-2H3,(H,22,23,26). The Hall–Kier alpha value is -3.22. The second kappa shape index (κ2) is 6.74. The fraction of sp³-hybridized carbons (Fsp3) is 0.333. The van der Waals surface area contributed by atoms with E-state index in [2.05, 4.69) is 10.3 Å². The summed E-state index contributed by atoms with van der Waals surface area (Å²) < 4.78 is 0. The van der Waals surface area contributed by atoms with Crippen LogP contribution in [0.5, 0.6) is 0 Å². The molecule has 28 heavy (non-hydrogen) atoms. The van der Waals surface area contributed by atoms with E-state index in [1.165, 1.54) is 0 Å². The molecule has 1 atom stereocenters. The van der Waals surface area contributed by atoms with Crippen molar-refractivity contribution in [2.24, 2.45) is 0 Å². The van der Waals surface area contributed by atoms with E-state index >= 15 is 0 Å². The smallest absolute Gasteiger partial charge is 0.257 e. The van der Waals surface area contributed by atoms with Crippen molar-refractivity contribution in [1.82, 2.24) is 9.88 Å². The molecule has 1 N–H and O–H groups in total. The zero-order valence-corrected chi connectivity index (χ0v) is 15.9. The maximum Gasteiger partial charge on any atom is 0.257 e. The first kappa shape index (κ1) is 18.2. The zero-order valence-electron chi connectivity index (χ0n) is 15.9. The molecule has 3 heterocycles. The van der Waals surface area contributed by atoms with Crippen molar-refractivity contribution < 1.29 is 14.4 Å². The second-order valence-electron chi connectivity index (χ2n) is 7.44. The molecule has 1 unspecified atom stereocenters. The van der Waals surface area contributed by atoms with Crippen LogP contribution in [0.4, 0.5) is 11.5 Å². The molecule has 0 spiro atoms. The number of hydrogen-bond acceptors (Lipinski definition) is 4. The number of anilines is 2. The Bertz CT molecular complexity index is 956. The predicted octanol–water partition coefficient (Wildman–Crippen LogP) is 2.72. The fourth-order valence-corrected chi connectivity index (χ4v) is 4.00. The normalized spacial score (nSPS) is 20.8. The number of nitrogens with zero attached hydrogens (tertiary/aromatic N) is 3. The highest BCUT2D eigenvalue weighted by Crippen LogP contribution is 2.43. The number of amides is 3. The largest absolute Gasteiger partial charge is 0.315 e. The van der Waals surface area contributed by atoms with Gasteiger partial charge in [0.2, 0.25) is 11.8 Å². The average Bonchev–Trinajstić information content (AvgIpc) is 2.99. The van der Waals surface area contributed by atoms with Gasteiger partial charge in [0.05, 0.1) is 11.3 Å². The Labute approximate surface area is 163 Å². The van der Waals surface area contributed by atoms with Crippen molar-refractivity contribution in [3.63, 3.8) is 0 Å². The quantitative estimate of drug-likeness (QED) is 0.887. The van der Waals surface area contributed by atoms with E-state index in [0.717, 1.165) is 5.56 Å². The minimum absolute atomic E-state index is 0.000701. The SMILES string of the molecule is Cc1ccc(NC(=O)CCN2C(=O)c3ccccc3N3C(=O)CCC23C)nc1. The average molecular weight is 378 g/mol. The molecule has 144 valence electrons. The van der Waals surface area contributed by atoms with Gasteiger partial charge >= 0.3 is 0 Å². The first-order valence-corrected chi connectivity index (χ1v) is 9.37. The van der Waals surface area contributed by atoms with E-state index in [-0.39, 0.29) is 30.7 Å². The number of nitrogens with one attached hydrogen (secondary N) is 1. The molecule has 1 aromatic heterocycles. The van der Waals surface area contributed by atoms with Crippen LogP contribution in [0.25, 0.3) is 0 Å². The van der Waals surface area contributed by atoms with Crippen molar-refractivity contribution in [3.05, 3.63) is 53.7 Å². The van der Waals surface area contributed by atoms with Gasteiger partial charge in [-0.15, -0.1) is 0 Å². The Balaban J connectivity index is 1.54. The first-order chi connectivity index (χ1) is 13.4. The number of pyridine rings is 1. The number of carbonyl (C=O) groups excluding carboxylic acids is 3. The molecule has 0 bridgehead atoms. The maximum atomic E-state index is 13.1. The van der Waals surface area contributed by atoms with Gasteiger partial charge in [0, 0.05) is 25.6 Å². The lowest BCUT2D eigenvalue weighted by Crippen LogP contribution is -2.62. The third-order valence-electron chi connectivity index (χ3n) is 5.49. The summed E-state index contributed by atoms with van der Waals surface area (Å²) in [5.41, 5.74) is 1.41. The van der Waals surface area contributed by atoms with Gasteiger partial charge in [-0.05, 0) is 44.0 Å². The molecule has 2 aromatic rings. The molecular weight excluding hydrogens is 356 g/mol. The molecule has 7 nitrogen and oxygen atoms in total. The highest BCUT2D eigenvalue weighted by atomic mass is 16.2. The molecular formula is C21H22N4O3. The summed E-state index contributed by atoms with van der Waals surface area (Å²) in [5, 5.41) is 2.76. The van der Waals surface area contributed by atoms with Crippen molar-refractivity contribution in [2.45, 2.75) is 38.8 Å². The molecule has 1 fully saturated rings. The van der Waals surface area contributed by atoms with Gasteiger partial charge in [-0.1, -0.05) is 18.2 Å². The molecule has 0 aliphatic carbocycles. The molecule has 3 amide bonds. The Kier molecular flexibility index (Phi) is 4.37. The van der Waals surface area contributed by atoms with Crippen LogP contribution in [0.15, 0.2) is 42.6 Å². The highest BCUT2D eigenvalue weighted by molar-refractivity contribution is 6.10. The lowest BCUT2D eigenvalue weighted by atomic mass is 9.98. The molecule has 0 radical (unpaired) electrons. The van der Waals surface area contributed by atoms with Gasteiger partial charge in [0.15, 0.2) is 0 Å². The summed E-state index contributed by atoms with van der Waals surface area (Å²) >= 11 is 0. The van der Waals surface area contributed by atoms with E-state index in [9.17, 15) is 14.4 Å². The molecule has 0 saturated carbocycles. The Morgan fingerprint density at radius 3 is 2.75 bits per heavy atom. The number of para-hydroxylation sites is 1. The number of benzene rings is 1. The van der Waals surface area contributed by atoms with Gasteiger partial charge in [-0.3, -0.25) is 19.3 Å². The van der Waals surface area contributed by atoms with Crippen molar-refractivity contribution >= 4 is 29.2 Å². The van der Waals surface area contributed by atoms with Crippen LogP contribution in [0.1, 0.15) is 42.1 Å². The number of rotatable bonds is 4. The highest BCUT2D eigenvalue weighted by Gasteiger charge is 2.52. The number of fused-ring (bicyclic) bond motifs is 3. The van der Waals surface area contributed by atoms with E-state index in [0.29, 0.717) is 29.9 Å². The van der Waals surface area contributed by atoms with E-state index in [1.807, 2.05) is 32.0 Å². The van der Waals surface area contributed by atoms with Crippen LogP contribution in [-0.2, 0) is 9.59 Å². The van der Waals surface area contributed by atoms with Gasteiger partial charge < -0.3 is 10.2 Å². The summed E-state index contributed by atoms with van der Waals surface area (Å²) in [5.74, 6) is 0.114. The molecule has 1 saturated heterocycles. The van der Waals surface area contributed by atoms with E-state index in [4.69, 9.17) is 0 Å². The van der Waals surface area contributed by atoms with Crippen LogP contribution >= 0.6 is 0 Å². The first-order valence-electron chi connectivity index (χ1n) is 9.37. The minimum Gasteiger partial charge on any atom is -0.315 e. The van der Waals surface area contributed by atoms with E-state index in [1.54, 1.807) is 34.2 Å². The van der Waals surface area contributed by atoms with Gasteiger partial charge in [0.1, 0.15) is 11.5 Å². The van der Waals surface area contributed by atoms with Crippen molar-refractivity contribution in [3.8, 4) is 0 Å². The van der Waals surface area contributed by atoms with Gasteiger partial charge in [-0.2, -0.15) is 0 Å². The van der Waals surface area contributed by atoms with Crippen LogP contribution in [0.2, 0.25) is 0 Å². The Morgan fingerprint density at radius 2 is 2.00 bits per heavy atom. The molecule has 2 aliphatic rings. The van der Waals surface area contributed by atoms with Crippen LogP contribution in [0.3, 0.4) is 0 Å². The summed E-state index contributed by atoms with van der Waals surface area (Å²) in [6.07, 6.45) is 2.74. The third-order valence-corrected chi connectivity index (χ3v) is 5.49. The molecule has 2 aliphatic heterocycles. The summed E-state index contributed by atoms with van der Waals surface area (Å²) in [6.45, 7) is 4.05. The number of carbonyl (C=O) groups is 3. The van der Waals surface area contributed by atoms with Crippen LogP contribution < -0.4 is 10.2 Å². The summed E-state index contributed by atoms with van der Waals surface area (Å²) in [6, 6.07) is 10.8. The third kappa shape index (κ3) is 2.93. The van der Waals surface area contributed by atoms with Crippen molar-refractivity contribution in [2.75, 3.05) is 16.8 Å². The predicted molar refractivity (Wildman–Crippen MR) is 105 cm³/mol. The molecule has 7 heteroatoms. The van der Waals surface area contributed by atoms with Crippen LogP contribution in [-0.4, -0.2) is 39.8 Å². The monoisotopic (exact) mass is 378 g/mol. The summed E-state index contributed by atoms with van der Waals surface area (Å²) in [4.78, 5) is 45.6. The molecule has 4 rings (SSSR count). The number of aromatic nitrogens is 1. The zero-order chi connectivity index (χ0) is 19.9. The topological polar surface area (TPSA) is 82.6 Å². The summed E-state index contributed by atoms with van der Waals surface area (Å²) in [7, 11) is 0. The lowest BCUT2D eigenvalue weighted by Gasteiger charge is -2.48. The molecule has 1 aromatic carbocycles. The Morgan fingerprint density at radius 1 is 1.21 bits per heavy atom.